The van der Waals surface area contributed by atoms with E-state index in [4.69, 9.17) is 0 Å². The first-order chi connectivity index (χ1) is 9.74. The SMILES string of the molecule is O=C(CC1CCCC1)NCCNCc1cccc(O)c1. The average Bonchev–Trinajstić information content (AvgIpc) is 2.91. The summed E-state index contributed by atoms with van der Waals surface area (Å²) in [6.45, 7) is 2.10. The van der Waals surface area contributed by atoms with Gasteiger partial charge in [0.25, 0.3) is 0 Å². The van der Waals surface area contributed by atoms with Crippen molar-refractivity contribution in [2.75, 3.05) is 13.1 Å². The molecule has 1 aromatic rings. The highest BCUT2D eigenvalue weighted by Crippen LogP contribution is 2.27. The second-order valence-corrected chi connectivity index (χ2v) is 5.55. The van der Waals surface area contributed by atoms with Gasteiger partial charge in [-0.15, -0.1) is 0 Å². The Labute approximate surface area is 120 Å². The van der Waals surface area contributed by atoms with Gasteiger partial charge in [-0.3, -0.25) is 4.79 Å². The molecule has 3 N–H and O–H groups in total. The summed E-state index contributed by atoms with van der Waals surface area (Å²) in [6, 6.07) is 7.19. The highest BCUT2D eigenvalue weighted by Gasteiger charge is 2.17. The smallest absolute Gasteiger partial charge is 0.220 e. The maximum Gasteiger partial charge on any atom is 0.220 e. The summed E-state index contributed by atoms with van der Waals surface area (Å²) in [5.41, 5.74) is 1.04. The van der Waals surface area contributed by atoms with Crippen molar-refractivity contribution in [3.8, 4) is 5.75 Å². The number of aromatic hydroxyl groups is 1. The summed E-state index contributed by atoms with van der Waals surface area (Å²) < 4.78 is 0. The van der Waals surface area contributed by atoms with Gasteiger partial charge in [-0.1, -0.05) is 25.0 Å². The number of carbonyl (C=O) groups excluding carboxylic acids is 1. The molecule has 0 saturated heterocycles. The van der Waals surface area contributed by atoms with Crippen LogP contribution in [0.25, 0.3) is 0 Å². The van der Waals surface area contributed by atoms with Crippen molar-refractivity contribution in [3.63, 3.8) is 0 Å². The van der Waals surface area contributed by atoms with Crippen molar-refractivity contribution in [3.05, 3.63) is 29.8 Å². The van der Waals surface area contributed by atoms with Gasteiger partial charge in [-0.05, 0) is 36.5 Å². The van der Waals surface area contributed by atoms with E-state index < -0.39 is 0 Å². The molecule has 1 fully saturated rings. The largest absolute Gasteiger partial charge is 0.508 e. The molecule has 2 rings (SSSR count). The third-order valence-electron chi connectivity index (χ3n) is 3.81. The summed E-state index contributed by atoms with van der Waals surface area (Å²) in [6.07, 6.45) is 5.67. The Kier molecular flexibility index (Phi) is 5.87. The lowest BCUT2D eigenvalue weighted by atomic mass is 10.0. The monoisotopic (exact) mass is 276 g/mol. The zero-order valence-electron chi connectivity index (χ0n) is 11.9. The molecule has 110 valence electrons. The molecule has 1 aliphatic rings. The van der Waals surface area contributed by atoms with Crippen LogP contribution in [-0.4, -0.2) is 24.1 Å². The van der Waals surface area contributed by atoms with Crippen LogP contribution in [0.1, 0.15) is 37.7 Å². The number of carbonyl (C=O) groups is 1. The molecule has 0 bridgehead atoms. The second-order valence-electron chi connectivity index (χ2n) is 5.55. The third-order valence-corrected chi connectivity index (χ3v) is 3.81. The van der Waals surface area contributed by atoms with Crippen LogP contribution in [0.4, 0.5) is 0 Å². The third kappa shape index (κ3) is 5.21. The van der Waals surface area contributed by atoms with E-state index in [1.54, 1.807) is 12.1 Å². The van der Waals surface area contributed by atoms with Crippen LogP contribution in [0.5, 0.6) is 5.75 Å². The number of benzene rings is 1. The van der Waals surface area contributed by atoms with Gasteiger partial charge < -0.3 is 15.7 Å². The molecule has 0 spiro atoms. The Morgan fingerprint density at radius 3 is 2.80 bits per heavy atom. The summed E-state index contributed by atoms with van der Waals surface area (Å²) in [5, 5.41) is 15.5. The van der Waals surface area contributed by atoms with Crippen molar-refractivity contribution < 1.29 is 9.90 Å². The van der Waals surface area contributed by atoms with Gasteiger partial charge in [0.2, 0.25) is 5.91 Å². The van der Waals surface area contributed by atoms with Crippen LogP contribution >= 0.6 is 0 Å². The number of hydrogen-bond acceptors (Lipinski definition) is 3. The van der Waals surface area contributed by atoms with Crippen molar-refractivity contribution in [1.82, 2.24) is 10.6 Å². The number of amides is 1. The second kappa shape index (κ2) is 7.90. The van der Waals surface area contributed by atoms with Gasteiger partial charge in [0, 0.05) is 26.1 Å². The van der Waals surface area contributed by atoms with Gasteiger partial charge in [0.05, 0.1) is 0 Å². The molecule has 0 aromatic heterocycles. The van der Waals surface area contributed by atoms with Gasteiger partial charge in [-0.25, -0.2) is 0 Å². The molecule has 0 atom stereocenters. The minimum Gasteiger partial charge on any atom is -0.508 e. The minimum absolute atomic E-state index is 0.177. The van der Waals surface area contributed by atoms with E-state index in [0.29, 0.717) is 25.4 Å². The molecular formula is C16H24N2O2. The summed E-state index contributed by atoms with van der Waals surface area (Å²) in [4.78, 5) is 11.7. The normalized spacial score (nSPS) is 15.4. The fourth-order valence-corrected chi connectivity index (χ4v) is 2.74. The summed E-state index contributed by atoms with van der Waals surface area (Å²) >= 11 is 0. The van der Waals surface area contributed by atoms with Crippen LogP contribution in [-0.2, 0) is 11.3 Å². The number of rotatable bonds is 7. The van der Waals surface area contributed by atoms with E-state index in [1.165, 1.54) is 25.7 Å². The van der Waals surface area contributed by atoms with E-state index >= 15 is 0 Å². The minimum atomic E-state index is 0.177. The molecule has 20 heavy (non-hydrogen) atoms. The predicted octanol–water partition coefficient (Wildman–Crippen LogP) is 2.18. The zero-order valence-corrected chi connectivity index (χ0v) is 11.9. The van der Waals surface area contributed by atoms with Gasteiger partial charge in [-0.2, -0.15) is 0 Å². The number of hydrogen-bond donors (Lipinski definition) is 3. The molecule has 1 aliphatic carbocycles. The van der Waals surface area contributed by atoms with Gasteiger partial charge in [0.15, 0.2) is 0 Å². The fraction of sp³-hybridized carbons (Fsp3) is 0.562. The van der Waals surface area contributed by atoms with E-state index in [2.05, 4.69) is 10.6 Å². The Hall–Kier alpha value is -1.55. The quantitative estimate of drug-likeness (QED) is 0.669. The van der Waals surface area contributed by atoms with E-state index in [0.717, 1.165) is 12.1 Å². The highest BCUT2D eigenvalue weighted by molar-refractivity contribution is 5.76. The molecule has 4 heteroatoms. The highest BCUT2D eigenvalue weighted by atomic mass is 16.3. The first-order valence-electron chi connectivity index (χ1n) is 7.49. The first kappa shape index (κ1) is 14.9. The van der Waals surface area contributed by atoms with Crippen LogP contribution in [0.3, 0.4) is 0 Å². The van der Waals surface area contributed by atoms with Crippen LogP contribution < -0.4 is 10.6 Å². The van der Waals surface area contributed by atoms with E-state index in [9.17, 15) is 9.90 Å². The Morgan fingerprint density at radius 1 is 1.25 bits per heavy atom. The lowest BCUT2D eigenvalue weighted by molar-refractivity contribution is -0.121. The van der Waals surface area contributed by atoms with E-state index in [-0.39, 0.29) is 11.7 Å². The number of phenolic OH excluding ortho intramolecular Hbond substituents is 1. The lowest BCUT2D eigenvalue weighted by Gasteiger charge is -2.10. The van der Waals surface area contributed by atoms with Crippen molar-refractivity contribution >= 4 is 5.91 Å². The molecule has 0 heterocycles. The van der Waals surface area contributed by atoms with Crippen LogP contribution in [0.2, 0.25) is 0 Å². The molecule has 1 amide bonds. The lowest BCUT2D eigenvalue weighted by Crippen LogP contribution is -2.32. The molecule has 0 unspecified atom stereocenters. The topological polar surface area (TPSA) is 61.4 Å². The predicted molar refractivity (Wildman–Crippen MR) is 79.4 cm³/mol. The van der Waals surface area contributed by atoms with Crippen molar-refractivity contribution in [2.24, 2.45) is 5.92 Å². The molecule has 4 nitrogen and oxygen atoms in total. The summed E-state index contributed by atoms with van der Waals surface area (Å²) in [7, 11) is 0. The van der Waals surface area contributed by atoms with Crippen LogP contribution in [0.15, 0.2) is 24.3 Å². The Bertz CT molecular complexity index is 428. The van der Waals surface area contributed by atoms with Crippen molar-refractivity contribution in [1.29, 1.82) is 0 Å². The molecule has 1 saturated carbocycles. The molecule has 1 aromatic carbocycles. The van der Waals surface area contributed by atoms with Crippen molar-refractivity contribution in [2.45, 2.75) is 38.6 Å². The molecule has 0 aliphatic heterocycles. The average molecular weight is 276 g/mol. The van der Waals surface area contributed by atoms with Crippen LogP contribution in [0, 0.1) is 5.92 Å². The van der Waals surface area contributed by atoms with E-state index in [1.807, 2.05) is 12.1 Å². The summed E-state index contributed by atoms with van der Waals surface area (Å²) in [5.74, 6) is 1.07. The standard InChI is InChI=1S/C16H24N2O2/c19-15-7-3-6-14(10-15)12-17-8-9-18-16(20)11-13-4-1-2-5-13/h3,6-7,10,13,17,19H,1-2,4-5,8-9,11-12H2,(H,18,20). The molecular weight excluding hydrogens is 252 g/mol. The number of phenols is 1. The first-order valence-corrected chi connectivity index (χ1v) is 7.49. The maximum absolute atomic E-state index is 11.7. The van der Waals surface area contributed by atoms with Gasteiger partial charge >= 0.3 is 0 Å². The number of nitrogens with one attached hydrogen (secondary N) is 2. The molecule has 0 radical (unpaired) electrons. The maximum atomic E-state index is 11.7. The zero-order chi connectivity index (χ0) is 14.2. The van der Waals surface area contributed by atoms with Gasteiger partial charge in [0.1, 0.15) is 5.75 Å². The Balaban J connectivity index is 1.53. The Morgan fingerprint density at radius 2 is 2.05 bits per heavy atom. The fourth-order valence-electron chi connectivity index (χ4n) is 2.74.